The third kappa shape index (κ3) is 4.34. The molecule has 1 fully saturated rings. The maximum Gasteiger partial charge on any atom is 0.225 e. The molecule has 110 valence electrons. The van der Waals surface area contributed by atoms with Crippen LogP contribution in [0.15, 0.2) is 17.5 Å². The molecule has 2 heterocycles. The van der Waals surface area contributed by atoms with Crippen molar-refractivity contribution in [3.63, 3.8) is 0 Å². The van der Waals surface area contributed by atoms with Crippen molar-refractivity contribution < 1.29 is 9.59 Å². The lowest BCUT2D eigenvalue weighted by Gasteiger charge is -2.23. The normalized spacial score (nSPS) is 17.4. The number of hydrogen-bond acceptors (Lipinski definition) is 3. The minimum Gasteiger partial charge on any atom is -0.348 e. The number of hydrogen-bond donors (Lipinski definition) is 1. The third-order valence-electron chi connectivity index (χ3n) is 3.60. The largest absolute Gasteiger partial charge is 0.348 e. The first-order valence-corrected chi connectivity index (χ1v) is 8.13. The van der Waals surface area contributed by atoms with E-state index in [0.717, 1.165) is 30.8 Å². The monoisotopic (exact) mass is 294 g/mol. The van der Waals surface area contributed by atoms with Gasteiger partial charge in [0.15, 0.2) is 0 Å². The highest BCUT2D eigenvalue weighted by Crippen LogP contribution is 2.23. The molecule has 0 spiro atoms. The molecule has 1 saturated heterocycles. The average molecular weight is 294 g/mol. The number of carbonyl (C=O) groups excluding carboxylic acids is 2. The Hall–Kier alpha value is -1.36. The summed E-state index contributed by atoms with van der Waals surface area (Å²) in [5.74, 6) is 0.0612. The fourth-order valence-corrected chi connectivity index (χ4v) is 3.36. The average Bonchev–Trinajstić information content (AvgIpc) is 2.79. The molecule has 0 aromatic carbocycles. The Kier molecular flexibility index (Phi) is 5.59. The lowest BCUT2D eigenvalue weighted by Crippen LogP contribution is -2.36. The van der Waals surface area contributed by atoms with Crippen LogP contribution in [0, 0.1) is 0 Å². The fourth-order valence-electron chi connectivity index (χ4n) is 2.58. The van der Waals surface area contributed by atoms with Crippen LogP contribution in [0.3, 0.4) is 0 Å². The predicted octanol–water partition coefficient (Wildman–Crippen LogP) is 2.72. The molecule has 0 saturated carbocycles. The number of nitrogens with zero attached hydrogens (tertiary/aromatic N) is 1. The van der Waals surface area contributed by atoms with Crippen LogP contribution in [-0.4, -0.2) is 29.8 Å². The minimum absolute atomic E-state index is 0.0907. The zero-order valence-electron chi connectivity index (χ0n) is 11.9. The molecule has 1 aromatic rings. The second-order valence-electron chi connectivity index (χ2n) is 5.27. The minimum atomic E-state index is -0.191. The van der Waals surface area contributed by atoms with Gasteiger partial charge >= 0.3 is 0 Å². The smallest absolute Gasteiger partial charge is 0.225 e. The standard InChI is InChI=1S/C15H22N2O2S/c1-12(18)16-13(14-7-6-10-20-14)11-15(19)17-8-4-2-3-5-9-17/h6-7,10,13H,2-5,8-9,11H2,1H3,(H,16,18)/t13-/m0/s1. The number of thiophene rings is 1. The zero-order valence-corrected chi connectivity index (χ0v) is 12.7. The number of likely N-dealkylation sites (tertiary alicyclic amines) is 1. The van der Waals surface area contributed by atoms with Crippen molar-refractivity contribution in [3.05, 3.63) is 22.4 Å². The van der Waals surface area contributed by atoms with Crippen LogP contribution in [0.1, 0.15) is 49.9 Å². The summed E-state index contributed by atoms with van der Waals surface area (Å²) in [6.45, 7) is 3.21. The lowest BCUT2D eigenvalue weighted by molar-refractivity contribution is -0.132. The molecule has 5 heteroatoms. The third-order valence-corrected chi connectivity index (χ3v) is 4.59. The van der Waals surface area contributed by atoms with Gasteiger partial charge in [-0.05, 0) is 24.3 Å². The van der Waals surface area contributed by atoms with Gasteiger partial charge in [-0.3, -0.25) is 9.59 Å². The van der Waals surface area contributed by atoms with Crippen LogP contribution in [0.5, 0.6) is 0 Å². The van der Waals surface area contributed by atoms with Crippen LogP contribution in [0.2, 0.25) is 0 Å². The van der Waals surface area contributed by atoms with Gasteiger partial charge in [0.05, 0.1) is 12.5 Å². The van der Waals surface area contributed by atoms with Crippen LogP contribution in [0.25, 0.3) is 0 Å². The number of carbonyl (C=O) groups is 2. The molecule has 2 amide bonds. The highest BCUT2D eigenvalue weighted by molar-refractivity contribution is 7.10. The van der Waals surface area contributed by atoms with E-state index >= 15 is 0 Å². The molecular weight excluding hydrogens is 272 g/mol. The number of amides is 2. The van der Waals surface area contributed by atoms with E-state index in [1.165, 1.54) is 19.8 Å². The summed E-state index contributed by atoms with van der Waals surface area (Å²) in [5, 5.41) is 4.86. The molecule has 1 aromatic heterocycles. The van der Waals surface area contributed by atoms with Gasteiger partial charge in [-0.15, -0.1) is 11.3 Å². The summed E-state index contributed by atoms with van der Waals surface area (Å²) < 4.78 is 0. The molecule has 0 radical (unpaired) electrons. The van der Waals surface area contributed by atoms with Gasteiger partial charge in [0.25, 0.3) is 0 Å². The first kappa shape index (κ1) is 15.0. The SMILES string of the molecule is CC(=O)N[C@@H](CC(=O)N1CCCCCC1)c1cccs1. The molecule has 0 bridgehead atoms. The van der Waals surface area contributed by atoms with Crippen LogP contribution in [0.4, 0.5) is 0 Å². The summed E-state index contributed by atoms with van der Waals surface area (Å²) in [5.41, 5.74) is 0. The van der Waals surface area contributed by atoms with Crippen molar-refractivity contribution in [1.82, 2.24) is 10.2 Å². The van der Waals surface area contributed by atoms with Gasteiger partial charge in [-0.1, -0.05) is 18.9 Å². The number of nitrogens with one attached hydrogen (secondary N) is 1. The zero-order chi connectivity index (χ0) is 14.4. The molecule has 1 N–H and O–H groups in total. The van der Waals surface area contributed by atoms with E-state index in [-0.39, 0.29) is 17.9 Å². The van der Waals surface area contributed by atoms with Crippen molar-refractivity contribution in [1.29, 1.82) is 0 Å². The topological polar surface area (TPSA) is 49.4 Å². The van der Waals surface area contributed by atoms with Gasteiger partial charge in [0.2, 0.25) is 11.8 Å². The molecule has 4 nitrogen and oxygen atoms in total. The van der Waals surface area contributed by atoms with E-state index in [4.69, 9.17) is 0 Å². The van der Waals surface area contributed by atoms with Crippen molar-refractivity contribution in [2.45, 2.75) is 45.1 Å². The molecule has 1 atom stereocenters. The van der Waals surface area contributed by atoms with E-state index < -0.39 is 0 Å². The van der Waals surface area contributed by atoms with Crippen molar-refractivity contribution >= 4 is 23.2 Å². The van der Waals surface area contributed by atoms with Gasteiger partial charge in [0.1, 0.15) is 0 Å². The van der Waals surface area contributed by atoms with E-state index in [9.17, 15) is 9.59 Å². The summed E-state index contributed by atoms with van der Waals surface area (Å²) in [6.07, 6.45) is 4.97. The Morgan fingerprint density at radius 3 is 2.55 bits per heavy atom. The number of rotatable bonds is 4. The Morgan fingerprint density at radius 1 is 1.30 bits per heavy atom. The van der Waals surface area contributed by atoms with Crippen molar-refractivity contribution in [2.24, 2.45) is 0 Å². The Morgan fingerprint density at radius 2 is 2.00 bits per heavy atom. The molecule has 20 heavy (non-hydrogen) atoms. The fraction of sp³-hybridized carbons (Fsp3) is 0.600. The predicted molar refractivity (Wildman–Crippen MR) is 80.5 cm³/mol. The molecule has 1 aliphatic rings. The van der Waals surface area contributed by atoms with Gasteiger partial charge < -0.3 is 10.2 Å². The van der Waals surface area contributed by atoms with Crippen LogP contribution in [-0.2, 0) is 9.59 Å². The van der Waals surface area contributed by atoms with Gasteiger partial charge in [-0.2, -0.15) is 0 Å². The Labute approximate surface area is 124 Å². The first-order valence-electron chi connectivity index (χ1n) is 7.25. The summed E-state index contributed by atoms with van der Waals surface area (Å²) in [4.78, 5) is 26.7. The molecule has 1 aliphatic heterocycles. The highest BCUT2D eigenvalue weighted by atomic mass is 32.1. The van der Waals surface area contributed by atoms with E-state index in [2.05, 4.69) is 5.32 Å². The van der Waals surface area contributed by atoms with Crippen LogP contribution < -0.4 is 5.32 Å². The van der Waals surface area contributed by atoms with Gasteiger partial charge in [0, 0.05) is 24.9 Å². The molecular formula is C15H22N2O2S. The quantitative estimate of drug-likeness (QED) is 0.928. The lowest BCUT2D eigenvalue weighted by atomic mass is 10.1. The van der Waals surface area contributed by atoms with Gasteiger partial charge in [-0.25, -0.2) is 0 Å². The molecule has 2 rings (SSSR count). The van der Waals surface area contributed by atoms with E-state index in [0.29, 0.717) is 6.42 Å². The maximum absolute atomic E-state index is 12.4. The van der Waals surface area contributed by atoms with Crippen molar-refractivity contribution in [3.8, 4) is 0 Å². The molecule has 0 unspecified atom stereocenters. The van der Waals surface area contributed by atoms with E-state index in [1.807, 2.05) is 22.4 Å². The first-order chi connectivity index (χ1) is 9.66. The summed E-state index contributed by atoms with van der Waals surface area (Å²) in [7, 11) is 0. The second-order valence-corrected chi connectivity index (χ2v) is 6.25. The highest BCUT2D eigenvalue weighted by Gasteiger charge is 2.22. The summed E-state index contributed by atoms with van der Waals surface area (Å²) >= 11 is 1.58. The van der Waals surface area contributed by atoms with E-state index in [1.54, 1.807) is 11.3 Å². The molecule has 0 aliphatic carbocycles. The summed E-state index contributed by atoms with van der Waals surface area (Å²) in [6, 6.07) is 3.73. The van der Waals surface area contributed by atoms with Crippen molar-refractivity contribution in [2.75, 3.05) is 13.1 Å². The second kappa shape index (κ2) is 7.43. The Balaban J connectivity index is 1.99. The Bertz CT molecular complexity index is 437. The van der Waals surface area contributed by atoms with Crippen LogP contribution >= 0.6 is 11.3 Å². The maximum atomic E-state index is 12.4.